The van der Waals surface area contributed by atoms with Crippen molar-refractivity contribution in [2.45, 2.75) is 52.0 Å². The summed E-state index contributed by atoms with van der Waals surface area (Å²) in [6.07, 6.45) is 7.24. The Bertz CT molecular complexity index is 266. The Morgan fingerprint density at radius 3 is 2.65 bits per heavy atom. The normalized spacial score (nSPS) is 33.7. The highest BCUT2D eigenvalue weighted by Gasteiger charge is 2.46. The standard InChI is InChI=1S/C15H28N2/c1-12(2)15(6-7-15)11-17-9-3-8-16-14(10-17)13-4-5-13/h12-14,16H,3-11H2,1-2H3. The first-order valence-corrected chi connectivity index (χ1v) is 7.65. The van der Waals surface area contributed by atoms with E-state index in [4.69, 9.17) is 0 Å². The predicted octanol–water partition coefficient (Wildman–Crippen LogP) is 2.50. The van der Waals surface area contributed by atoms with Crippen LogP contribution in [0.4, 0.5) is 0 Å². The molecule has 0 aromatic carbocycles. The average molecular weight is 236 g/mol. The van der Waals surface area contributed by atoms with Crippen LogP contribution >= 0.6 is 0 Å². The van der Waals surface area contributed by atoms with Crippen LogP contribution in [0.5, 0.6) is 0 Å². The van der Waals surface area contributed by atoms with Gasteiger partial charge in [0, 0.05) is 19.1 Å². The molecule has 2 heteroatoms. The largest absolute Gasteiger partial charge is 0.312 e. The molecular formula is C15H28N2. The van der Waals surface area contributed by atoms with Crippen molar-refractivity contribution in [2.75, 3.05) is 26.2 Å². The molecule has 1 unspecified atom stereocenters. The van der Waals surface area contributed by atoms with Crippen molar-refractivity contribution < 1.29 is 0 Å². The number of nitrogens with zero attached hydrogens (tertiary/aromatic N) is 1. The van der Waals surface area contributed by atoms with E-state index in [1.807, 2.05) is 0 Å². The second-order valence-electron chi connectivity index (χ2n) is 7.00. The summed E-state index contributed by atoms with van der Waals surface area (Å²) in [6.45, 7) is 10.1. The van der Waals surface area contributed by atoms with Crippen LogP contribution in [-0.4, -0.2) is 37.1 Å². The van der Waals surface area contributed by atoms with Crippen LogP contribution in [0.3, 0.4) is 0 Å². The van der Waals surface area contributed by atoms with Gasteiger partial charge >= 0.3 is 0 Å². The van der Waals surface area contributed by atoms with Crippen LogP contribution in [-0.2, 0) is 0 Å². The predicted molar refractivity (Wildman–Crippen MR) is 72.1 cm³/mol. The quantitative estimate of drug-likeness (QED) is 0.807. The lowest BCUT2D eigenvalue weighted by molar-refractivity contribution is 0.179. The van der Waals surface area contributed by atoms with E-state index in [1.165, 1.54) is 58.3 Å². The molecule has 0 aromatic rings. The zero-order valence-corrected chi connectivity index (χ0v) is 11.5. The van der Waals surface area contributed by atoms with E-state index in [1.54, 1.807) is 0 Å². The molecule has 1 heterocycles. The number of hydrogen-bond acceptors (Lipinski definition) is 2. The molecule has 1 aliphatic heterocycles. The summed E-state index contributed by atoms with van der Waals surface area (Å²) in [5.41, 5.74) is 0.693. The monoisotopic (exact) mass is 236 g/mol. The van der Waals surface area contributed by atoms with Gasteiger partial charge in [-0.25, -0.2) is 0 Å². The van der Waals surface area contributed by atoms with E-state index in [0.717, 1.165) is 17.9 Å². The first kappa shape index (κ1) is 12.0. The van der Waals surface area contributed by atoms with Gasteiger partial charge in [0.2, 0.25) is 0 Å². The summed E-state index contributed by atoms with van der Waals surface area (Å²) in [5, 5.41) is 3.77. The molecule has 2 aliphatic carbocycles. The van der Waals surface area contributed by atoms with Crippen LogP contribution in [0.25, 0.3) is 0 Å². The second kappa shape index (κ2) is 4.55. The Morgan fingerprint density at radius 1 is 1.29 bits per heavy atom. The molecule has 2 nitrogen and oxygen atoms in total. The van der Waals surface area contributed by atoms with E-state index in [9.17, 15) is 0 Å². The zero-order chi connectivity index (χ0) is 11.9. The van der Waals surface area contributed by atoms with Gasteiger partial charge in [-0.3, -0.25) is 0 Å². The topological polar surface area (TPSA) is 15.3 Å². The smallest absolute Gasteiger partial charge is 0.0223 e. The van der Waals surface area contributed by atoms with E-state index in [-0.39, 0.29) is 0 Å². The highest BCUT2D eigenvalue weighted by molar-refractivity contribution is 4.99. The Labute approximate surface area is 106 Å². The van der Waals surface area contributed by atoms with Gasteiger partial charge in [0.15, 0.2) is 0 Å². The van der Waals surface area contributed by atoms with Crippen molar-refractivity contribution in [1.29, 1.82) is 0 Å². The summed E-state index contributed by atoms with van der Waals surface area (Å²) in [7, 11) is 0. The molecule has 17 heavy (non-hydrogen) atoms. The summed E-state index contributed by atoms with van der Waals surface area (Å²) >= 11 is 0. The summed E-state index contributed by atoms with van der Waals surface area (Å²) in [4.78, 5) is 2.77. The second-order valence-corrected chi connectivity index (χ2v) is 7.00. The van der Waals surface area contributed by atoms with E-state index >= 15 is 0 Å². The fraction of sp³-hybridized carbons (Fsp3) is 1.00. The molecule has 3 fully saturated rings. The van der Waals surface area contributed by atoms with Crippen molar-refractivity contribution in [3.8, 4) is 0 Å². The molecule has 1 atom stereocenters. The molecular weight excluding hydrogens is 208 g/mol. The molecule has 98 valence electrons. The van der Waals surface area contributed by atoms with Crippen LogP contribution < -0.4 is 5.32 Å². The third-order valence-electron chi connectivity index (χ3n) is 5.36. The zero-order valence-electron chi connectivity index (χ0n) is 11.5. The minimum Gasteiger partial charge on any atom is -0.312 e. The SMILES string of the molecule is CC(C)C1(CN2CCCNC(C3CC3)C2)CC1. The number of nitrogens with one attached hydrogen (secondary N) is 1. The molecule has 3 rings (SSSR count). The fourth-order valence-electron chi connectivity index (χ4n) is 3.51. The molecule has 3 aliphatic rings. The Morgan fingerprint density at radius 2 is 2.06 bits per heavy atom. The first-order valence-electron chi connectivity index (χ1n) is 7.65. The maximum atomic E-state index is 3.77. The molecule has 1 N–H and O–H groups in total. The van der Waals surface area contributed by atoms with Crippen LogP contribution in [0, 0.1) is 17.3 Å². The van der Waals surface area contributed by atoms with Gasteiger partial charge < -0.3 is 10.2 Å². The Balaban J connectivity index is 1.57. The summed E-state index contributed by atoms with van der Waals surface area (Å²) in [5.74, 6) is 1.88. The lowest BCUT2D eigenvalue weighted by atomic mass is 9.91. The van der Waals surface area contributed by atoms with E-state index < -0.39 is 0 Å². The highest BCUT2D eigenvalue weighted by atomic mass is 15.2. The number of rotatable bonds is 4. The van der Waals surface area contributed by atoms with Gasteiger partial charge in [0.1, 0.15) is 0 Å². The van der Waals surface area contributed by atoms with Gasteiger partial charge in [0.25, 0.3) is 0 Å². The molecule has 0 radical (unpaired) electrons. The lowest BCUT2D eigenvalue weighted by Crippen LogP contribution is -2.42. The Hall–Kier alpha value is -0.0800. The highest BCUT2D eigenvalue weighted by Crippen LogP contribution is 2.52. The third-order valence-corrected chi connectivity index (χ3v) is 5.36. The maximum absolute atomic E-state index is 3.77. The van der Waals surface area contributed by atoms with Gasteiger partial charge in [-0.1, -0.05) is 13.8 Å². The van der Waals surface area contributed by atoms with Crippen molar-refractivity contribution in [2.24, 2.45) is 17.3 Å². The summed E-state index contributed by atoms with van der Waals surface area (Å²) in [6, 6.07) is 0.806. The molecule has 0 bridgehead atoms. The average Bonchev–Trinajstić information content (AvgIpc) is 3.17. The Kier molecular flexibility index (Phi) is 3.20. The molecule has 0 aromatic heterocycles. The van der Waals surface area contributed by atoms with Gasteiger partial charge in [0.05, 0.1) is 0 Å². The molecule has 1 saturated heterocycles. The third kappa shape index (κ3) is 2.68. The lowest BCUT2D eigenvalue weighted by Gasteiger charge is -2.30. The van der Waals surface area contributed by atoms with Gasteiger partial charge in [-0.2, -0.15) is 0 Å². The van der Waals surface area contributed by atoms with Crippen LogP contribution in [0.2, 0.25) is 0 Å². The van der Waals surface area contributed by atoms with Gasteiger partial charge in [-0.05, 0) is 62.4 Å². The van der Waals surface area contributed by atoms with Gasteiger partial charge in [-0.15, -0.1) is 0 Å². The van der Waals surface area contributed by atoms with Crippen molar-refractivity contribution in [3.05, 3.63) is 0 Å². The van der Waals surface area contributed by atoms with E-state index in [2.05, 4.69) is 24.1 Å². The van der Waals surface area contributed by atoms with Crippen LogP contribution in [0.15, 0.2) is 0 Å². The number of hydrogen-bond donors (Lipinski definition) is 1. The van der Waals surface area contributed by atoms with Crippen LogP contribution in [0.1, 0.15) is 46.0 Å². The molecule has 0 spiro atoms. The van der Waals surface area contributed by atoms with Crippen molar-refractivity contribution in [1.82, 2.24) is 10.2 Å². The fourth-order valence-corrected chi connectivity index (χ4v) is 3.51. The minimum atomic E-state index is 0.693. The minimum absolute atomic E-state index is 0.693. The maximum Gasteiger partial charge on any atom is 0.0223 e. The molecule has 0 amide bonds. The summed E-state index contributed by atoms with van der Waals surface area (Å²) < 4.78 is 0. The van der Waals surface area contributed by atoms with Crippen molar-refractivity contribution in [3.63, 3.8) is 0 Å². The first-order chi connectivity index (χ1) is 8.20. The molecule has 2 saturated carbocycles. The van der Waals surface area contributed by atoms with Crippen molar-refractivity contribution >= 4 is 0 Å². The van der Waals surface area contributed by atoms with E-state index in [0.29, 0.717) is 5.41 Å².